The van der Waals surface area contributed by atoms with Gasteiger partial charge < -0.3 is 16.0 Å². The second kappa shape index (κ2) is 6.69. The molecule has 0 aliphatic heterocycles. The Morgan fingerprint density at radius 2 is 2.00 bits per heavy atom. The molecule has 1 heterocycles. The van der Waals surface area contributed by atoms with Crippen molar-refractivity contribution in [3.05, 3.63) is 48.4 Å². The number of rotatable bonds is 4. The van der Waals surface area contributed by atoms with E-state index in [1.165, 1.54) is 18.3 Å². The van der Waals surface area contributed by atoms with Crippen LogP contribution in [0, 0.1) is 5.82 Å². The average Bonchev–Trinajstić information content (AvgIpc) is 2.40. The van der Waals surface area contributed by atoms with Crippen LogP contribution in [0.25, 0.3) is 0 Å². The Kier molecular flexibility index (Phi) is 4.71. The second-order valence-electron chi connectivity index (χ2n) is 4.82. The van der Waals surface area contributed by atoms with Crippen molar-refractivity contribution in [2.45, 2.75) is 19.9 Å². The smallest absolute Gasteiger partial charge is 0.319 e. The summed E-state index contributed by atoms with van der Waals surface area (Å²) >= 11 is 0. The van der Waals surface area contributed by atoms with E-state index in [0.717, 1.165) is 0 Å². The van der Waals surface area contributed by atoms with E-state index >= 15 is 0 Å². The number of halogens is 1. The normalized spacial score (nSPS) is 10.3. The second-order valence-corrected chi connectivity index (χ2v) is 4.82. The monoisotopic (exact) mass is 288 g/mol. The lowest BCUT2D eigenvalue weighted by Crippen LogP contribution is -2.34. The van der Waals surface area contributed by atoms with Gasteiger partial charge in [0, 0.05) is 11.7 Å². The first-order valence-corrected chi connectivity index (χ1v) is 6.59. The number of anilines is 3. The molecule has 2 aromatic rings. The first-order chi connectivity index (χ1) is 10.0. The molecular weight excluding hydrogens is 271 g/mol. The summed E-state index contributed by atoms with van der Waals surface area (Å²) in [5.41, 5.74) is 1.19. The number of amides is 2. The Labute approximate surface area is 122 Å². The van der Waals surface area contributed by atoms with Crippen molar-refractivity contribution in [1.29, 1.82) is 0 Å². The van der Waals surface area contributed by atoms with Crippen molar-refractivity contribution in [2.24, 2.45) is 0 Å². The molecule has 1 aromatic carbocycles. The molecule has 2 amide bonds. The Balaban J connectivity index is 1.97. The molecule has 0 radical (unpaired) electrons. The van der Waals surface area contributed by atoms with Gasteiger partial charge in [0.15, 0.2) is 0 Å². The largest absolute Gasteiger partial charge is 0.340 e. The molecule has 3 N–H and O–H groups in total. The SMILES string of the molecule is CC(C)NC(=O)Nc1ccc(Nc2cccc(F)c2)nc1. The predicted octanol–water partition coefficient (Wildman–Crippen LogP) is 3.49. The molecule has 0 saturated heterocycles. The number of nitrogens with zero attached hydrogens (tertiary/aromatic N) is 1. The van der Waals surface area contributed by atoms with Crippen molar-refractivity contribution >= 4 is 23.2 Å². The fourth-order valence-corrected chi connectivity index (χ4v) is 1.69. The van der Waals surface area contributed by atoms with E-state index in [4.69, 9.17) is 0 Å². The molecule has 110 valence electrons. The van der Waals surface area contributed by atoms with Crippen LogP contribution in [-0.4, -0.2) is 17.1 Å². The van der Waals surface area contributed by atoms with E-state index in [9.17, 15) is 9.18 Å². The number of hydrogen-bond acceptors (Lipinski definition) is 3. The van der Waals surface area contributed by atoms with Gasteiger partial charge >= 0.3 is 6.03 Å². The Bertz CT molecular complexity index is 613. The lowest BCUT2D eigenvalue weighted by atomic mass is 10.3. The number of pyridine rings is 1. The number of hydrogen-bond donors (Lipinski definition) is 3. The van der Waals surface area contributed by atoms with Crippen LogP contribution in [0.3, 0.4) is 0 Å². The van der Waals surface area contributed by atoms with Crippen LogP contribution < -0.4 is 16.0 Å². The number of urea groups is 1. The summed E-state index contributed by atoms with van der Waals surface area (Å²) < 4.78 is 13.1. The highest BCUT2D eigenvalue weighted by molar-refractivity contribution is 5.89. The first-order valence-electron chi connectivity index (χ1n) is 6.59. The minimum atomic E-state index is -0.316. The highest BCUT2D eigenvalue weighted by Gasteiger charge is 2.04. The standard InChI is InChI=1S/C15H17FN4O/c1-10(2)18-15(21)20-13-6-7-14(17-9-13)19-12-5-3-4-11(16)8-12/h3-10H,1-2H3,(H,17,19)(H2,18,20,21). The van der Waals surface area contributed by atoms with Crippen LogP contribution in [0.2, 0.25) is 0 Å². The van der Waals surface area contributed by atoms with Crippen molar-refractivity contribution < 1.29 is 9.18 Å². The van der Waals surface area contributed by atoms with E-state index in [1.54, 1.807) is 24.3 Å². The summed E-state index contributed by atoms with van der Waals surface area (Å²) in [5.74, 6) is 0.249. The van der Waals surface area contributed by atoms with Gasteiger partial charge in [-0.2, -0.15) is 0 Å². The lowest BCUT2D eigenvalue weighted by Gasteiger charge is -2.10. The highest BCUT2D eigenvalue weighted by Crippen LogP contribution is 2.16. The molecule has 5 nitrogen and oxygen atoms in total. The summed E-state index contributed by atoms with van der Waals surface area (Å²) in [6, 6.07) is 9.31. The summed E-state index contributed by atoms with van der Waals surface area (Å²) in [4.78, 5) is 15.7. The number of carbonyl (C=O) groups is 1. The van der Waals surface area contributed by atoms with Gasteiger partial charge in [0.2, 0.25) is 0 Å². The number of benzene rings is 1. The molecule has 0 spiro atoms. The molecule has 0 aliphatic carbocycles. The van der Waals surface area contributed by atoms with Crippen LogP contribution in [0.15, 0.2) is 42.6 Å². The molecular formula is C15H17FN4O. The Morgan fingerprint density at radius 1 is 1.19 bits per heavy atom. The quantitative estimate of drug-likeness (QED) is 0.806. The first kappa shape index (κ1) is 14.8. The molecule has 0 unspecified atom stereocenters. The lowest BCUT2D eigenvalue weighted by molar-refractivity contribution is 0.250. The summed E-state index contributed by atoms with van der Waals surface area (Å²) in [6.45, 7) is 3.76. The topological polar surface area (TPSA) is 66.1 Å². The zero-order chi connectivity index (χ0) is 15.2. The van der Waals surface area contributed by atoms with Gasteiger partial charge in [-0.1, -0.05) is 6.07 Å². The number of nitrogens with one attached hydrogen (secondary N) is 3. The minimum absolute atomic E-state index is 0.0619. The number of carbonyl (C=O) groups excluding carboxylic acids is 1. The molecule has 0 fully saturated rings. The van der Waals surface area contributed by atoms with Crippen molar-refractivity contribution in [3.8, 4) is 0 Å². The van der Waals surface area contributed by atoms with E-state index < -0.39 is 0 Å². The fraction of sp³-hybridized carbons (Fsp3) is 0.200. The maximum absolute atomic E-state index is 13.1. The minimum Gasteiger partial charge on any atom is -0.340 e. The van der Waals surface area contributed by atoms with Crippen LogP contribution in [0.5, 0.6) is 0 Å². The fourth-order valence-electron chi connectivity index (χ4n) is 1.69. The zero-order valence-corrected chi connectivity index (χ0v) is 11.9. The Hall–Kier alpha value is -2.63. The molecule has 0 aliphatic rings. The van der Waals surface area contributed by atoms with Gasteiger partial charge in [0.05, 0.1) is 11.9 Å². The summed E-state index contributed by atoms with van der Waals surface area (Å²) in [6.07, 6.45) is 1.53. The van der Waals surface area contributed by atoms with Crippen LogP contribution in [0.1, 0.15) is 13.8 Å². The third-order valence-corrected chi connectivity index (χ3v) is 2.54. The maximum atomic E-state index is 13.1. The van der Waals surface area contributed by atoms with Gasteiger partial charge in [-0.15, -0.1) is 0 Å². The van der Waals surface area contributed by atoms with Gasteiger partial charge in [-0.3, -0.25) is 0 Å². The van der Waals surface area contributed by atoms with Crippen LogP contribution in [0.4, 0.5) is 26.4 Å². The molecule has 0 saturated carbocycles. The molecule has 1 aromatic heterocycles. The van der Waals surface area contributed by atoms with Crippen LogP contribution >= 0.6 is 0 Å². The highest BCUT2D eigenvalue weighted by atomic mass is 19.1. The predicted molar refractivity (Wildman–Crippen MR) is 81.2 cm³/mol. The molecule has 2 rings (SSSR count). The molecule has 0 bridgehead atoms. The molecule has 0 atom stereocenters. The third kappa shape index (κ3) is 4.76. The summed E-state index contributed by atoms with van der Waals surface area (Å²) in [5, 5.41) is 8.37. The van der Waals surface area contributed by atoms with E-state index in [1.807, 2.05) is 13.8 Å². The van der Waals surface area contributed by atoms with Crippen molar-refractivity contribution in [2.75, 3.05) is 10.6 Å². The van der Waals surface area contributed by atoms with Crippen molar-refractivity contribution in [3.63, 3.8) is 0 Å². The van der Waals surface area contributed by atoms with Crippen molar-refractivity contribution in [1.82, 2.24) is 10.3 Å². The average molecular weight is 288 g/mol. The van der Waals surface area contributed by atoms with Gasteiger partial charge in [0.1, 0.15) is 11.6 Å². The van der Waals surface area contributed by atoms with Gasteiger partial charge in [-0.05, 0) is 44.2 Å². The Morgan fingerprint density at radius 3 is 2.62 bits per heavy atom. The molecule has 6 heteroatoms. The van der Waals surface area contributed by atoms with Crippen LogP contribution in [-0.2, 0) is 0 Å². The van der Waals surface area contributed by atoms with Gasteiger partial charge in [0.25, 0.3) is 0 Å². The van der Waals surface area contributed by atoms with E-state index in [2.05, 4.69) is 20.9 Å². The van der Waals surface area contributed by atoms with E-state index in [-0.39, 0.29) is 17.9 Å². The zero-order valence-electron chi connectivity index (χ0n) is 11.9. The molecule has 21 heavy (non-hydrogen) atoms. The number of aromatic nitrogens is 1. The van der Waals surface area contributed by atoms with Gasteiger partial charge in [-0.25, -0.2) is 14.2 Å². The van der Waals surface area contributed by atoms with E-state index in [0.29, 0.717) is 17.2 Å². The summed E-state index contributed by atoms with van der Waals surface area (Å²) in [7, 11) is 0. The maximum Gasteiger partial charge on any atom is 0.319 e. The third-order valence-electron chi connectivity index (χ3n) is 2.54.